The molecule has 0 unspecified atom stereocenters. The zero-order valence-corrected chi connectivity index (χ0v) is 26.0. The fourth-order valence-corrected chi connectivity index (χ4v) is 7.16. The molecule has 0 atom stereocenters. The molecule has 0 aliphatic rings. The highest BCUT2D eigenvalue weighted by Gasteiger charge is 2.23. The van der Waals surface area contributed by atoms with Crippen LogP contribution in [0, 0.1) is 46.3 Å². The maximum Gasteiger partial charge on any atom is 0.126 e. The summed E-state index contributed by atoms with van der Waals surface area (Å²) in [5.41, 5.74) is 13.3. The summed E-state index contributed by atoms with van der Waals surface area (Å²) < 4.78 is 34.1. The molecule has 0 fully saturated rings. The van der Waals surface area contributed by atoms with Gasteiger partial charge in [-0.15, -0.1) is 0 Å². The van der Waals surface area contributed by atoms with Gasteiger partial charge in [-0.2, -0.15) is 0 Å². The lowest BCUT2D eigenvalue weighted by Crippen LogP contribution is -2.06. The van der Waals surface area contributed by atoms with Gasteiger partial charge in [0.25, 0.3) is 0 Å². The first-order valence-electron chi connectivity index (χ1n) is 15.3. The molecule has 0 bridgehead atoms. The molecule has 8 rings (SSSR count). The average Bonchev–Trinajstić information content (AvgIpc) is 3.47. The summed E-state index contributed by atoms with van der Waals surface area (Å²) in [4.78, 5) is 0. The second-order valence-electron chi connectivity index (χ2n) is 12.5. The quantitative estimate of drug-likeness (QED) is 0.194. The molecule has 0 saturated heterocycles. The molecule has 8 aromatic rings. The highest BCUT2D eigenvalue weighted by atomic mass is 19.1. The van der Waals surface area contributed by atoms with E-state index in [1.54, 1.807) is 0 Å². The maximum atomic E-state index is 14.7. The Bertz CT molecular complexity index is 2370. The number of hydrogen-bond acceptors (Lipinski definition) is 0. The van der Waals surface area contributed by atoms with Crippen LogP contribution in [-0.2, 0) is 0 Å². The van der Waals surface area contributed by atoms with E-state index in [1.165, 1.54) is 45.2 Å². The van der Waals surface area contributed by atoms with E-state index in [1.807, 2.05) is 6.07 Å². The van der Waals surface area contributed by atoms with E-state index in [9.17, 15) is 8.78 Å². The Hall–Kier alpha value is -5.22. The summed E-state index contributed by atoms with van der Waals surface area (Å²) in [7, 11) is 0. The largest absolute Gasteiger partial charge is 0.309 e. The van der Waals surface area contributed by atoms with Crippen molar-refractivity contribution in [2.24, 2.45) is 0 Å². The van der Waals surface area contributed by atoms with Crippen molar-refractivity contribution >= 4 is 43.6 Å². The summed E-state index contributed by atoms with van der Waals surface area (Å²) in [5, 5.41) is 4.71. The van der Waals surface area contributed by atoms with Crippen molar-refractivity contribution in [2.45, 2.75) is 34.6 Å². The normalized spacial score (nSPS) is 11.9. The van der Waals surface area contributed by atoms with E-state index in [0.29, 0.717) is 5.56 Å². The Morgan fingerprint density at radius 1 is 0.422 bits per heavy atom. The molecule has 0 aliphatic heterocycles. The number of aromatic nitrogens is 2. The SMILES string of the molecule is Cc1ccc2c(c1)c1cc(C)ccc1n2-c1ccc(-c2cc(F)cc(F)c2)c(-n2c3ccc(C)cc3c3cc(C)ccc32)c1C. The average molecular weight is 591 g/mol. The van der Waals surface area contributed by atoms with Crippen LogP contribution in [0.25, 0.3) is 66.1 Å². The molecule has 0 N–H and O–H groups in total. The number of aryl methyl sites for hydroxylation is 4. The molecule has 2 nitrogen and oxygen atoms in total. The number of nitrogens with zero attached hydrogens (tertiary/aromatic N) is 2. The number of fused-ring (bicyclic) bond motifs is 6. The Kier molecular flexibility index (Phi) is 6.01. The molecule has 6 aromatic carbocycles. The van der Waals surface area contributed by atoms with Gasteiger partial charge in [0.1, 0.15) is 11.6 Å². The second-order valence-corrected chi connectivity index (χ2v) is 12.5. The topological polar surface area (TPSA) is 9.86 Å². The lowest BCUT2D eigenvalue weighted by atomic mass is 9.98. The number of rotatable bonds is 3. The monoisotopic (exact) mass is 590 g/mol. The van der Waals surface area contributed by atoms with Gasteiger partial charge in [0.15, 0.2) is 0 Å². The van der Waals surface area contributed by atoms with Crippen LogP contribution in [0.4, 0.5) is 8.78 Å². The van der Waals surface area contributed by atoms with Gasteiger partial charge in [0, 0.05) is 33.2 Å². The third-order valence-corrected chi connectivity index (χ3v) is 9.19. The number of halogens is 2. The summed E-state index contributed by atoms with van der Waals surface area (Å²) >= 11 is 0. The van der Waals surface area contributed by atoms with Crippen LogP contribution in [0.5, 0.6) is 0 Å². The molecule has 2 heterocycles. The molecule has 0 aliphatic carbocycles. The Morgan fingerprint density at radius 3 is 1.24 bits per heavy atom. The molecular weight excluding hydrogens is 558 g/mol. The van der Waals surface area contributed by atoms with Crippen molar-refractivity contribution in [3.63, 3.8) is 0 Å². The lowest BCUT2D eigenvalue weighted by Gasteiger charge is -2.21. The molecule has 0 spiro atoms. The molecule has 220 valence electrons. The minimum Gasteiger partial charge on any atom is -0.309 e. The lowest BCUT2D eigenvalue weighted by molar-refractivity contribution is 0.584. The van der Waals surface area contributed by atoms with Gasteiger partial charge in [-0.3, -0.25) is 0 Å². The van der Waals surface area contributed by atoms with Gasteiger partial charge < -0.3 is 9.13 Å². The van der Waals surface area contributed by atoms with Crippen LogP contribution < -0.4 is 0 Å². The predicted octanol–water partition coefficient (Wildman–Crippen LogP) is 11.4. The predicted molar refractivity (Wildman–Crippen MR) is 184 cm³/mol. The summed E-state index contributed by atoms with van der Waals surface area (Å²) in [5.74, 6) is -1.20. The van der Waals surface area contributed by atoms with Crippen molar-refractivity contribution in [1.82, 2.24) is 9.13 Å². The first-order valence-corrected chi connectivity index (χ1v) is 15.3. The second kappa shape index (κ2) is 9.90. The van der Waals surface area contributed by atoms with Crippen molar-refractivity contribution in [3.8, 4) is 22.5 Å². The molecule has 0 radical (unpaired) electrons. The summed E-state index contributed by atoms with van der Waals surface area (Å²) in [6, 6.07) is 34.1. The van der Waals surface area contributed by atoms with Crippen LogP contribution >= 0.6 is 0 Å². The fourth-order valence-electron chi connectivity index (χ4n) is 7.16. The zero-order chi connectivity index (χ0) is 31.1. The van der Waals surface area contributed by atoms with E-state index >= 15 is 0 Å². The molecule has 45 heavy (non-hydrogen) atoms. The molecule has 2 aromatic heterocycles. The van der Waals surface area contributed by atoms with Crippen molar-refractivity contribution in [3.05, 3.63) is 143 Å². The zero-order valence-electron chi connectivity index (χ0n) is 26.0. The number of hydrogen-bond donors (Lipinski definition) is 0. The molecule has 0 amide bonds. The first-order chi connectivity index (χ1) is 21.7. The highest BCUT2D eigenvalue weighted by Crippen LogP contribution is 2.42. The van der Waals surface area contributed by atoms with Crippen molar-refractivity contribution < 1.29 is 8.78 Å². The number of benzene rings is 6. The maximum absolute atomic E-state index is 14.7. The Labute approximate surface area is 260 Å². The minimum absolute atomic E-state index is 0.500. The standard InChI is InChI=1S/C41H32F2N2/c1-23-6-11-37-32(16-23)33-17-24(2)7-12-38(33)44(37)36-15-10-31(28-20-29(42)22-30(43)21-28)41(27(36)5)45-39-13-8-25(3)18-34(39)35-19-26(4)9-14-40(35)45/h6-22H,1-5H3. The third kappa shape index (κ3) is 4.20. The highest BCUT2D eigenvalue weighted by molar-refractivity contribution is 6.12. The Balaban J connectivity index is 1.55. The van der Waals surface area contributed by atoms with Crippen LogP contribution in [0.3, 0.4) is 0 Å². The summed E-state index contributed by atoms with van der Waals surface area (Å²) in [6.45, 7) is 10.6. The van der Waals surface area contributed by atoms with E-state index in [0.717, 1.165) is 61.4 Å². The van der Waals surface area contributed by atoms with E-state index in [-0.39, 0.29) is 0 Å². The van der Waals surface area contributed by atoms with E-state index < -0.39 is 11.6 Å². The van der Waals surface area contributed by atoms with Gasteiger partial charge >= 0.3 is 0 Å². The molecule has 0 saturated carbocycles. The van der Waals surface area contributed by atoms with Gasteiger partial charge in [0.2, 0.25) is 0 Å². The van der Waals surface area contributed by atoms with Crippen LogP contribution in [0.15, 0.2) is 103 Å². The van der Waals surface area contributed by atoms with Crippen molar-refractivity contribution in [1.29, 1.82) is 0 Å². The minimum atomic E-state index is -0.598. The van der Waals surface area contributed by atoms with Crippen LogP contribution in [0.2, 0.25) is 0 Å². The smallest absolute Gasteiger partial charge is 0.126 e. The van der Waals surface area contributed by atoms with Gasteiger partial charge in [0.05, 0.1) is 33.4 Å². The van der Waals surface area contributed by atoms with Crippen LogP contribution in [-0.4, -0.2) is 9.13 Å². The third-order valence-electron chi connectivity index (χ3n) is 9.19. The first kappa shape index (κ1) is 27.3. The Morgan fingerprint density at radius 2 is 0.822 bits per heavy atom. The van der Waals surface area contributed by atoms with Gasteiger partial charge in [-0.05, 0) is 112 Å². The fraction of sp³-hybridized carbons (Fsp3) is 0.122. The van der Waals surface area contributed by atoms with Crippen LogP contribution in [0.1, 0.15) is 27.8 Å². The summed E-state index contributed by atoms with van der Waals surface area (Å²) in [6.07, 6.45) is 0. The molecular formula is C41H32F2N2. The van der Waals surface area contributed by atoms with E-state index in [4.69, 9.17) is 0 Å². The molecule has 4 heteroatoms. The van der Waals surface area contributed by atoms with Crippen molar-refractivity contribution in [2.75, 3.05) is 0 Å². The van der Waals surface area contributed by atoms with Gasteiger partial charge in [-0.25, -0.2) is 8.78 Å². The van der Waals surface area contributed by atoms with E-state index in [2.05, 4.69) is 123 Å². The van der Waals surface area contributed by atoms with Gasteiger partial charge in [-0.1, -0.05) is 52.6 Å².